The zero-order valence-corrected chi connectivity index (χ0v) is 10.0. The van der Waals surface area contributed by atoms with Gasteiger partial charge in [-0.2, -0.15) is 0 Å². The average Bonchev–Trinajstić information content (AvgIpc) is 1.00. The minimum absolute atomic E-state index is 0. The van der Waals surface area contributed by atoms with Gasteiger partial charge in [0.15, 0.2) is 0 Å². The quantitative estimate of drug-likeness (QED) is 0.519. The van der Waals surface area contributed by atoms with Gasteiger partial charge >= 0.3 is 101 Å². The molecule has 0 saturated heterocycles. The fraction of sp³-hybridized carbons (Fsp3) is 0. The Morgan fingerprint density at radius 2 is 1.50 bits per heavy atom. The van der Waals surface area contributed by atoms with Crippen molar-refractivity contribution in [1.82, 2.24) is 0 Å². The number of hydrogen-bond donors (Lipinski definition) is 0. The fourth-order valence-electron chi connectivity index (χ4n) is 0. The van der Waals surface area contributed by atoms with Gasteiger partial charge in [-0.05, 0) is 0 Å². The van der Waals surface area contributed by atoms with Gasteiger partial charge in [0.05, 0.1) is 0 Å². The van der Waals surface area contributed by atoms with Gasteiger partial charge in [-0.1, -0.05) is 0 Å². The zero-order chi connectivity index (χ0) is 2.00. The molecule has 0 atom stereocenters. The summed E-state index contributed by atoms with van der Waals surface area (Å²) in [5.41, 5.74) is 0. The van der Waals surface area contributed by atoms with Gasteiger partial charge in [0.25, 0.3) is 0 Å². The van der Waals surface area contributed by atoms with E-state index in [1.807, 2.05) is 0 Å². The SMILES string of the molecule is [Ba+2].[H-].[H-].[InH3].[S]=[Zn]. The third kappa shape index (κ3) is 8.99. The Morgan fingerprint density at radius 3 is 1.50 bits per heavy atom. The van der Waals surface area contributed by atoms with Crippen molar-refractivity contribution in [2.45, 2.75) is 0 Å². The van der Waals surface area contributed by atoms with Crippen LogP contribution >= 0.6 is 10.1 Å². The molecule has 0 aromatic carbocycles. The average molecular weight is 355 g/mol. The van der Waals surface area contributed by atoms with Crippen LogP contribution in [-0.4, -0.2) is 74.7 Å². The first kappa shape index (κ1) is 15.7. The van der Waals surface area contributed by atoms with Crippen LogP contribution in [0.1, 0.15) is 2.85 Å². The molecule has 0 radical (unpaired) electrons. The third-order valence-electron chi connectivity index (χ3n) is 0. The maximum absolute atomic E-state index is 4.21. The van der Waals surface area contributed by atoms with Crippen molar-refractivity contribution in [2.75, 3.05) is 0 Å². The summed E-state index contributed by atoms with van der Waals surface area (Å²) in [6.45, 7) is 0. The van der Waals surface area contributed by atoms with E-state index in [-0.39, 0.29) is 77.6 Å². The van der Waals surface area contributed by atoms with E-state index in [0.717, 1.165) is 16.6 Å². The fourth-order valence-corrected chi connectivity index (χ4v) is 0. The second-order valence-electron chi connectivity index (χ2n) is 0. The first-order valence-corrected chi connectivity index (χ1v) is 4.50. The van der Waals surface area contributed by atoms with Crippen molar-refractivity contribution >= 4 is 84.8 Å². The molecular formula is H5BaInSZn. The van der Waals surface area contributed by atoms with E-state index in [4.69, 9.17) is 0 Å². The van der Waals surface area contributed by atoms with Crippen LogP contribution in [0, 0.1) is 0 Å². The molecule has 0 amide bonds. The standard InChI is InChI=1S/Ba.In.S.Zn.5H/q+2;;;;;;;2*-1. The normalized spacial score (nSPS) is 1.50. The Hall–Kier alpha value is 3.28. The third-order valence-corrected chi connectivity index (χ3v) is 0. The molecule has 0 aliphatic heterocycles. The Kier molecular flexibility index (Phi) is 63.7. The Balaban J connectivity index is -0.000000000833. The van der Waals surface area contributed by atoms with Crippen LogP contribution in [0.4, 0.5) is 0 Å². The van der Waals surface area contributed by atoms with Gasteiger partial charge in [0.2, 0.25) is 0 Å². The molecule has 0 heterocycles. The van der Waals surface area contributed by atoms with Gasteiger partial charge in [-0.15, -0.1) is 0 Å². The summed E-state index contributed by atoms with van der Waals surface area (Å²) in [6, 6.07) is 0. The summed E-state index contributed by atoms with van der Waals surface area (Å²) in [7, 11) is 4.21. The molecule has 0 aliphatic rings. The number of hydrogen-bond acceptors (Lipinski definition) is 1. The van der Waals surface area contributed by atoms with E-state index in [2.05, 4.69) is 10.1 Å². The van der Waals surface area contributed by atoms with E-state index < -0.39 is 0 Å². The summed E-state index contributed by atoms with van der Waals surface area (Å²) in [6.07, 6.45) is 0. The molecule has 0 aromatic heterocycles. The van der Waals surface area contributed by atoms with Gasteiger partial charge < -0.3 is 2.85 Å². The molecule has 0 saturated carbocycles. The molecule has 4 heteroatoms. The van der Waals surface area contributed by atoms with Gasteiger partial charge in [0.1, 0.15) is 0 Å². The van der Waals surface area contributed by atoms with Crippen LogP contribution in [0.2, 0.25) is 0 Å². The molecule has 0 N–H and O–H groups in total. The summed E-state index contributed by atoms with van der Waals surface area (Å²) >= 11 is 0.958. The summed E-state index contributed by atoms with van der Waals surface area (Å²) < 4.78 is 0. The van der Waals surface area contributed by atoms with Gasteiger partial charge in [-0.25, -0.2) is 0 Å². The molecule has 0 aromatic rings. The van der Waals surface area contributed by atoms with Crippen LogP contribution in [0.15, 0.2) is 0 Å². The molecular weight excluding hydrogens is 350 g/mol. The molecule has 0 rings (SSSR count). The van der Waals surface area contributed by atoms with Crippen molar-refractivity contribution < 1.29 is 19.4 Å². The van der Waals surface area contributed by atoms with E-state index in [9.17, 15) is 0 Å². The predicted octanol–water partition coefficient (Wildman–Crippen LogP) is -0.694. The Morgan fingerprint density at radius 1 is 1.50 bits per heavy atom. The van der Waals surface area contributed by atoms with Crippen molar-refractivity contribution in [1.29, 1.82) is 0 Å². The van der Waals surface area contributed by atoms with Crippen LogP contribution in [0.25, 0.3) is 0 Å². The molecule has 0 nitrogen and oxygen atoms in total. The van der Waals surface area contributed by atoms with Gasteiger partial charge in [0, 0.05) is 0 Å². The first-order chi connectivity index (χ1) is 1.00. The van der Waals surface area contributed by atoms with Crippen LogP contribution in [0.5, 0.6) is 0 Å². The van der Waals surface area contributed by atoms with E-state index in [1.54, 1.807) is 0 Å². The first-order valence-electron chi connectivity index (χ1n) is 0.289. The Labute approximate surface area is 102 Å². The number of rotatable bonds is 0. The predicted molar refractivity (Wildman–Crippen MR) is 25.5 cm³/mol. The van der Waals surface area contributed by atoms with Crippen LogP contribution < -0.4 is 0 Å². The molecule has 18 valence electrons. The maximum atomic E-state index is 4.21. The van der Waals surface area contributed by atoms with Crippen LogP contribution in [-0.2, 0) is 16.6 Å². The van der Waals surface area contributed by atoms with E-state index >= 15 is 0 Å². The van der Waals surface area contributed by atoms with E-state index in [1.165, 1.54) is 0 Å². The van der Waals surface area contributed by atoms with Crippen LogP contribution in [0.3, 0.4) is 0 Å². The summed E-state index contributed by atoms with van der Waals surface area (Å²) in [5, 5.41) is 0. The summed E-state index contributed by atoms with van der Waals surface area (Å²) in [5.74, 6) is 0. The van der Waals surface area contributed by atoms with Crippen molar-refractivity contribution in [2.24, 2.45) is 0 Å². The van der Waals surface area contributed by atoms with Crippen molar-refractivity contribution in [3.63, 3.8) is 0 Å². The second-order valence-corrected chi connectivity index (χ2v) is 0. The Bertz CT molecular complexity index is 13.5. The molecule has 0 spiro atoms. The van der Waals surface area contributed by atoms with Crippen molar-refractivity contribution in [3.05, 3.63) is 0 Å². The molecule has 0 aliphatic carbocycles. The van der Waals surface area contributed by atoms with Gasteiger partial charge in [-0.3, -0.25) is 0 Å². The molecule has 0 fully saturated rings. The molecule has 0 bridgehead atoms. The minimum atomic E-state index is 0. The zero-order valence-electron chi connectivity index (χ0n) is 3.82. The molecule has 4 heavy (non-hydrogen) atoms. The second kappa shape index (κ2) is 16.3. The van der Waals surface area contributed by atoms with E-state index in [0.29, 0.717) is 0 Å². The summed E-state index contributed by atoms with van der Waals surface area (Å²) in [4.78, 5) is 0. The van der Waals surface area contributed by atoms with Crippen molar-refractivity contribution in [3.8, 4) is 0 Å². The topological polar surface area (TPSA) is 0 Å². The monoisotopic (exact) mass is 354 g/mol. The molecule has 0 unspecified atom stereocenters.